The van der Waals surface area contributed by atoms with Gasteiger partial charge >= 0.3 is 6.18 Å². The number of halogens is 3. The number of thiophene rings is 1. The molecule has 0 spiro atoms. The topological polar surface area (TPSA) is 87.5 Å². The molecule has 3 aromatic rings. The predicted molar refractivity (Wildman–Crippen MR) is 136 cm³/mol. The highest BCUT2D eigenvalue weighted by molar-refractivity contribution is 7.20. The van der Waals surface area contributed by atoms with Gasteiger partial charge in [0.2, 0.25) is 5.91 Å². The zero-order chi connectivity index (χ0) is 27.1. The Morgan fingerprint density at radius 3 is 2.41 bits per heavy atom. The first-order chi connectivity index (χ1) is 17.2. The number of hydrogen-bond donors (Lipinski definition) is 1. The fraction of sp³-hybridized carbons (Fsp3) is 0.440. The molecule has 0 atom stereocenters. The van der Waals surface area contributed by atoms with Crippen LogP contribution in [-0.2, 0) is 17.5 Å². The van der Waals surface area contributed by atoms with Crippen molar-refractivity contribution < 1.29 is 22.8 Å². The third-order valence-electron chi connectivity index (χ3n) is 6.05. The van der Waals surface area contributed by atoms with Gasteiger partial charge in [0.15, 0.2) is 0 Å². The zero-order valence-electron chi connectivity index (χ0n) is 21.0. The number of carbonyl (C=O) groups excluding carboxylic acids is 2. The third kappa shape index (κ3) is 5.79. The number of benzene rings is 1. The lowest BCUT2D eigenvalue weighted by Gasteiger charge is -2.36. The summed E-state index contributed by atoms with van der Waals surface area (Å²) >= 11 is 1.12. The molecule has 0 bridgehead atoms. The lowest BCUT2D eigenvalue weighted by molar-refractivity contribution is -0.137. The van der Waals surface area contributed by atoms with Gasteiger partial charge in [0, 0.05) is 37.4 Å². The lowest BCUT2D eigenvalue weighted by Crippen LogP contribution is -2.48. The van der Waals surface area contributed by atoms with Gasteiger partial charge in [-0.1, -0.05) is 6.07 Å². The Bertz CT molecular complexity index is 1400. The number of rotatable bonds is 4. The third-order valence-corrected chi connectivity index (χ3v) is 7.23. The maximum atomic E-state index is 13.3. The van der Waals surface area contributed by atoms with Crippen molar-refractivity contribution >= 4 is 39.1 Å². The largest absolute Gasteiger partial charge is 0.416 e. The SMILES string of the molecule is Cc1c(C(=O)N2CCN(c3cccc(C(F)(F)F)c3)CC2)sc2ncn(CC(=O)NC(C)(C)C)c(=O)c12. The standard InChI is InChI=1S/C25H28F3N5O3S/c1-15-19-21(29-14-33(22(19)35)13-18(34)30-24(2,3)4)37-20(15)23(36)32-10-8-31(9-11-32)17-7-5-6-16(12-17)25(26,27)28/h5-7,12,14H,8-11,13H2,1-4H3,(H,30,34). The average molecular weight is 536 g/mol. The van der Waals surface area contributed by atoms with Crippen LogP contribution in [0.4, 0.5) is 18.9 Å². The minimum absolute atomic E-state index is 0.185. The summed E-state index contributed by atoms with van der Waals surface area (Å²) in [7, 11) is 0. The number of hydrogen-bond acceptors (Lipinski definition) is 6. The number of anilines is 1. The van der Waals surface area contributed by atoms with Gasteiger partial charge in [-0.2, -0.15) is 13.2 Å². The van der Waals surface area contributed by atoms with Crippen LogP contribution in [0.2, 0.25) is 0 Å². The van der Waals surface area contributed by atoms with Crippen molar-refractivity contribution in [2.24, 2.45) is 0 Å². The van der Waals surface area contributed by atoms with Gasteiger partial charge in [0.25, 0.3) is 11.5 Å². The number of nitrogens with one attached hydrogen (secondary N) is 1. The predicted octanol–water partition coefficient (Wildman–Crippen LogP) is 3.66. The van der Waals surface area contributed by atoms with Gasteiger partial charge in [-0.25, -0.2) is 4.98 Å². The van der Waals surface area contributed by atoms with E-state index in [1.54, 1.807) is 17.9 Å². The van der Waals surface area contributed by atoms with Crippen molar-refractivity contribution in [2.45, 2.75) is 46.0 Å². The summed E-state index contributed by atoms with van der Waals surface area (Å²) in [6.45, 7) is 8.44. The van der Waals surface area contributed by atoms with E-state index in [4.69, 9.17) is 0 Å². The van der Waals surface area contributed by atoms with Crippen LogP contribution < -0.4 is 15.8 Å². The Kier molecular flexibility index (Phi) is 7.06. The first-order valence-electron chi connectivity index (χ1n) is 11.8. The first kappa shape index (κ1) is 26.6. The van der Waals surface area contributed by atoms with E-state index in [0.717, 1.165) is 23.5 Å². The number of alkyl halides is 3. The smallest absolute Gasteiger partial charge is 0.368 e. The number of amides is 2. The second kappa shape index (κ2) is 9.81. The monoisotopic (exact) mass is 535 g/mol. The highest BCUT2D eigenvalue weighted by Crippen LogP contribution is 2.32. The summed E-state index contributed by atoms with van der Waals surface area (Å²) in [6.07, 6.45) is -3.11. The molecule has 1 aromatic carbocycles. The minimum atomic E-state index is -4.42. The summed E-state index contributed by atoms with van der Waals surface area (Å²) in [6, 6.07) is 5.16. The summed E-state index contributed by atoms with van der Waals surface area (Å²) < 4.78 is 40.5. The van der Waals surface area contributed by atoms with E-state index in [2.05, 4.69) is 10.3 Å². The maximum Gasteiger partial charge on any atom is 0.416 e. The maximum absolute atomic E-state index is 13.3. The van der Waals surface area contributed by atoms with E-state index >= 15 is 0 Å². The fourth-order valence-corrected chi connectivity index (χ4v) is 5.39. The van der Waals surface area contributed by atoms with Crippen LogP contribution in [0.1, 0.15) is 41.6 Å². The molecule has 12 heteroatoms. The molecule has 198 valence electrons. The van der Waals surface area contributed by atoms with Crippen LogP contribution in [0.15, 0.2) is 35.4 Å². The van der Waals surface area contributed by atoms with E-state index in [1.165, 1.54) is 17.0 Å². The van der Waals surface area contributed by atoms with E-state index < -0.39 is 22.8 Å². The number of nitrogens with zero attached hydrogens (tertiary/aromatic N) is 4. The van der Waals surface area contributed by atoms with Gasteiger partial charge in [-0.3, -0.25) is 19.0 Å². The second-order valence-corrected chi connectivity index (χ2v) is 11.0. The van der Waals surface area contributed by atoms with Crippen molar-refractivity contribution in [3.05, 3.63) is 57.0 Å². The summed E-state index contributed by atoms with van der Waals surface area (Å²) in [5, 5.41) is 3.11. The van der Waals surface area contributed by atoms with Crippen LogP contribution in [-0.4, -0.2) is 58.0 Å². The van der Waals surface area contributed by atoms with Crippen molar-refractivity contribution in [3.8, 4) is 0 Å². The zero-order valence-corrected chi connectivity index (χ0v) is 21.8. The molecule has 0 aliphatic carbocycles. The Morgan fingerprint density at radius 1 is 1.11 bits per heavy atom. The average Bonchev–Trinajstić information content (AvgIpc) is 3.16. The lowest BCUT2D eigenvalue weighted by atomic mass is 10.1. The molecule has 2 aromatic heterocycles. The van der Waals surface area contributed by atoms with Crippen LogP contribution in [0.5, 0.6) is 0 Å². The van der Waals surface area contributed by atoms with E-state index in [1.807, 2.05) is 25.7 Å². The van der Waals surface area contributed by atoms with Crippen LogP contribution >= 0.6 is 11.3 Å². The van der Waals surface area contributed by atoms with E-state index in [0.29, 0.717) is 52.5 Å². The quantitative estimate of drug-likeness (QED) is 0.551. The van der Waals surface area contributed by atoms with Gasteiger partial charge in [-0.05, 0) is 51.5 Å². The molecule has 0 saturated carbocycles. The molecular weight excluding hydrogens is 507 g/mol. The van der Waals surface area contributed by atoms with Crippen molar-refractivity contribution in [1.29, 1.82) is 0 Å². The highest BCUT2D eigenvalue weighted by Gasteiger charge is 2.32. The molecular formula is C25H28F3N5O3S. The summed E-state index contributed by atoms with van der Waals surface area (Å²) in [4.78, 5) is 47.3. The molecule has 0 radical (unpaired) electrons. The van der Waals surface area contributed by atoms with Crippen LogP contribution in [0, 0.1) is 6.92 Å². The molecule has 0 unspecified atom stereocenters. The van der Waals surface area contributed by atoms with E-state index in [-0.39, 0.29) is 18.4 Å². The molecule has 1 aliphatic heterocycles. The first-order valence-corrected chi connectivity index (χ1v) is 12.6. The molecule has 3 heterocycles. The minimum Gasteiger partial charge on any atom is -0.368 e. The molecule has 1 fully saturated rings. The molecule has 2 amide bonds. The van der Waals surface area contributed by atoms with Crippen LogP contribution in [0.25, 0.3) is 10.2 Å². The second-order valence-electron chi connectivity index (χ2n) is 10.0. The Balaban J connectivity index is 1.50. The molecule has 37 heavy (non-hydrogen) atoms. The normalized spacial score (nSPS) is 14.8. The van der Waals surface area contributed by atoms with Gasteiger partial charge in [0.05, 0.1) is 22.2 Å². The molecule has 8 nitrogen and oxygen atoms in total. The Labute approximate surface area is 215 Å². The number of aryl methyl sites for hydroxylation is 1. The summed E-state index contributed by atoms with van der Waals surface area (Å²) in [5.74, 6) is -0.570. The summed E-state index contributed by atoms with van der Waals surface area (Å²) in [5.41, 5.74) is -0.579. The Hall–Kier alpha value is -3.41. The molecule has 1 saturated heterocycles. The molecule has 1 aliphatic rings. The number of piperazine rings is 1. The molecule has 4 rings (SSSR count). The van der Waals surface area contributed by atoms with Crippen molar-refractivity contribution in [2.75, 3.05) is 31.1 Å². The van der Waals surface area contributed by atoms with Crippen LogP contribution in [0.3, 0.4) is 0 Å². The van der Waals surface area contributed by atoms with E-state index in [9.17, 15) is 27.6 Å². The fourth-order valence-electron chi connectivity index (χ4n) is 4.28. The number of carbonyl (C=O) groups is 2. The number of aromatic nitrogens is 2. The van der Waals surface area contributed by atoms with Crippen molar-refractivity contribution in [3.63, 3.8) is 0 Å². The highest BCUT2D eigenvalue weighted by atomic mass is 32.1. The van der Waals surface area contributed by atoms with Crippen molar-refractivity contribution in [1.82, 2.24) is 19.8 Å². The Morgan fingerprint density at radius 2 is 1.78 bits per heavy atom. The van der Waals surface area contributed by atoms with Gasteiger partial charge < -0.3 is 15.1 Å². The number of fused-ring (bicyclic) bond motifs is 1. The van der Waals surface area contributed by atoms with Gasteiger partial charge in [-0.15, -0.1) is 11.3 Å². The molecule has 1 N–H and O–H groups in total. The van der Waals surface area contributed by atoms with Gasteiger partial charge in [0.1, 0.15) is 11.4 Å².